The highest BCUT2D eigenvalue weighted by Gasteiger charge is 2.32. The molecule has 1 aromatic carbocycles. The molecule has 26 heavy (non-hydrogen) atoms. The van der Waals surface area contributed by atoms with E-state index in [1.54, 1.807) is 13.2 Å². The molecule has 146 valence electrons. The molecule has 0 saturated carbocycles. The van der Waals surface area contributed by atoms with Crippen LogP contribution in [0.1, 0.15) is 57.4 Å². The smallest absolute Gasteiger partial charge is 0.118 e. The van der Waals surface area contributed by atoms with Crippen LogP contribution in [0.15, 0.2) is 36.9 Å². The maximum atomic E-state index is 9.98. The molecule has 4 atom stereocenters. The maximum absolute atomic E-state index is 9.98. The highest BCUT2D eigenvalue weighted by Crippen LogP contribution is 2.29. The van der Waals surface area contributed by atoms with Crippen molar-refractivity contribution < 1.29 is 19.3 Å². The van der Waals surface area contributed by atoms with Gasteiger partial charge in [-0.2, -0.15) is 0 Å². The molecule has 0 radical (unpaired) electrons. The predicted octanol–water partition coefficient (Wildman–Crippen LogP) is 4.65. The van der Waals surface area contributed by atoms with E-state index < -0.39 is 0 Å². The fourth-order valence-corrected chi connectivity index (χ4v) is 3.48. The van der Waals surface area contributed by atoms with Crippen LogP contribution in [0.4, 0.5) is 0 Å². The van der Waals surface area contributed by atoms with E-state index in [1.807, 2.05) is 24.3 Å². The molecule has 1 fully saturated rings. The van der Waals surface area contributed by atoms with Gasteiger partial charge in [0.2, 0.25) is 0 Å². The monoisotopic (exact) mass is 362 g/mol. The van der Waals surface area contributed by atoms with Gasteiger partial charge in [-0.3, -0.25) is 0 Å². The number of unbranched alkanes of at least 4 members (excludes halogenated alkanes) is 1. The molecule has 4 nitrogen and oxygen atoms in total. The average Bonchev–Trinajstić information content (AvgIpc) is 3.10. The minimum absolute atomic E-state index is 0.110. The molecule has 1 aliphatic heterocycles. The highest BCUT2D eigenvalue weighted by molar-refractivity contribution is 5.26. The zero-order valence-electron chi connectivity index (χ0n) is 16.2. The fourth-order valence-electron chi connectivity index (χ4n) is 3.48. The minimum Gasteiger partial charge on any atom is -0.497 e. The van der Waals surface area contributed by atoms with Gasteiger partial charge in [-0.1, -0.05) is 38.0 Å². The molecule has 2 rings (SSSR count). The lowest BCUT2D eigenvalue weighted by Gasteiger charge is -2.25. The van der Waals surface area contributed by atoms with Gasteiger partial charge < -0.3 is 19.3 Å². The summed E-state index contributed by atoms with van der Waals surface area (Å²) in [7, 11) is 1.67. The highest BCUT2D eigenvalue weighted by atomic mass is 16.5. The molecule has 1 aliphatic rings. The summed E-state index contributed by atoms with van der Waals surface area (Å²) in [5, 5.41) is 9.98. The molecular formula is C22H34O4. The van der Waals surface area contributed by atoms with Gasteiger partial charge >= 0.3 is 0 Å². The number of aliphatic hydroxyl groups is 1. The first kappa shape index (κ1) is 20.9. The standard InChI is InChI=1S/C22H34O4/c1-4-6-8-21(25-16-17-9-11-19(24-3)12-10-17)22-14-13-20(26-22)15-18(23)7-5-2/h5,9-12,18,20-23H,2,4,6-8,13-16H2,1,3H3/t18-,20+,21+,22+/m1/s1. The summed E-state index contributed by atoms with van der Waals surface area (Å²) in [4.78, 5) is 0. The van der Waals surface area contributed by atoms with E-state index in [4.69, 9.17) is 14.2 Å². The third-order valence-corrected chi connectivity index (χ3v) is 4.99. The Morgan fingerprint density at radius 1 is 1.31 bits per heavy atom. The van der Waals surface area contributed by atoms with Gasteiger partial charge in [-0.05, 0) is 49.8 Å². The second kappa shape index (κ2) is 11.4. The molecule has 1 saturated heterocycles. The Morgan fingerprint density at radius 3 is 2.73 bits per heavy atom. The van der Waals surface area contributed by atoms with E-state index in [-0.39, 0.29) is 24.4 Å². The summed E-state index contributed by atoms with van der Waals surface area (Å²) < 4.78 is 17.7. The molecule has 0 aromatic heterocycles. The van der Waals surface area contributed by atoms with Crippen molar-refractivity contribution in [3.05, 3.63) is 42.5 Å². The first-order valence-corrected chi connectivity index (χ1v) is 9.85. The number of aliphatic hydroxyl groups excluding tert-OH is 1. The third-order valence-electron chi connectivity index (χ3n) is 4.99. The van der Waals surface area contributed by atoms with Crippen LogP contribution in [0, 0.1) is 0 Å². The predicted molar refractivity (Wildman–Crippen MR) is 104 cm³/mol. The quantitative estimate of drug-likeness (QED) is 0.550. The van der Waals surface area contributed by atoms with E-state index in [9.17, 15) is 5.11 Å². The van der Waals surface area contributed by atoms with Crippen LogP contribution in [0.3, 0.4) is 0 Å². The van der Waals surface area contributed by atoms with Crippen LogP contribution < -0.4 is 4.74 Å². The number of benzene rings is 1. The van der Waals surface area contributed by atoms with Crippen LogP contribution in [0.2, 0.25) is 0 Å². The van der Waals surface area contributed by atoms with Crippen molar-refractivity contribution in [2.24, 2.45) is 0 Å². The summed E-state index contributed by atoms with van der Waals surface area (Å²) in [5.74, 6) is 0.858. The largest absolute Gasteiger partial charge is 0.497 e. The fraction of sp³-hybridized carbons (Fsp3) is 0.636. The molecule has 0 bridgehead atoms. The summed E-state index contributed by atoms with van der Waals surface area (Å²) in [6.07, 6.45) is 8.37. The molecule has 1 N–H and O–H groups in total. The van der Waals surface area contributed by atoms with Crippen LogP contribution >= 0.6 is 0 Å². The van der Waals surface area contributed by atoms with Crippen molar-refractivity contribution in [1.29, 1.82) is 0 Å². The third kappa shape index (κ3) is 6.75. The molecule has 0 unspecified atom stereocenters. The van der Waals surface area contributed by atoms with Gasteiger partial charge in [0.05, 0.1) is 38.1 Å². The Kier molecular flexibility index (Phi) is 9.16. The molecular weight excluding hydrogens is 328 g/mol. The molecule has 0 spiro atoms. The van der Waals surface area contributed by atoms with Gasteiger partial charge in [0.15, 0.2) is 0 Å². The number of ether oxygens (including phenoxy) is 3. The topological polar surface area (TPSA) is 47.9 Å². The normalized spacial score (nSPS) is 22.1. The number of methoxy groups -OCH3 is 1. The molecule has 1 aromatic rings. The molecule has 4 heteroatoms. The maximum Gasteiger partial charge on any atom is 0.118 e. The Hall–Kier alpha value is -1.36. The van der Waals surface area contributed by atoms with Crippen molar-refractivity contribution in [1.82, 2.24) is 0 Å². The molecule has 1 heterocycles. The lowest BCUT2D eigenvalue weighted by molar-refractivity contribution is -0.0851. The van der Waals surface area contributed by atoms with Gasteiger partial charge in [0.1, 0.15) is 5.75 Å². The Labute approximate surface area is 158 Å². The minimum atomic E-state index is -0.356. The Balaban J connectivity index is 1.86. The Morgan fingerprint density at radius 2 is 2.08 bits per heavy atom. The van der Waals surface area contributed by atoms with Crippen molar-refractivity contribution in [3.8, 4) is 5.75 Å². The Bertz CT molecular complexity index is 513. The molecule has 0 amide bonds. The number of hydrogen-bond acceptors (Lipinski definition) is 4. The van der Waals surface area contributed by atoms with E-state index >= 15 is 0 Å². The SMILES string of the molecule is C=CC[C@@H](O)C[C@@H]1CC[C@@H]([C@H](CCCC)OCc2ccc(OC)cc2)O1. The summed E-state index contributed by atoms with van der Waals surface area (Å²) in [5.41, 5.74) is 1.14. The average molecular weight is 363 g/mol. The van der Waals surface area contributed by atoms with Gasteiger partial charge in [-0.25, -0.2) is 0 Å². The first-order valence-electron chi connectivity index (χ1n) is 9.85. The lowest BCUT2D eigenvalue weighted by atomic mass is 10.0. The van der Waals surface area contributed by atoms with Crippen molar-refractivity contribution in [2.75, 3.05) is 7.11 Å². The number of hydrogen-bond donors (Lipinski definition) is 1. The van der Waals surface area contributed by atoms with Crippen LogP contribution in [-0.4, -0.2) is 36.6 Å². The lowest BCUT2D eigenvalue weighted by Crippen LogP contribution is -2.30. The summed E-state index contributed by atoms with van der Waals surface area (Å²) in [6, 6.07) is 8.00. The van der Waals surface area contributed by atoms with Crippen molar-refractivity contribution >= 4 is 0 Å². The molecule has 0 aliphatic carbocycles. The van der Waals surface area contributed by atoms with Gasteiger partial charge in [-0.15, -0.1) is 6.58 Å². The second-order valence-corrected chi connectivity index (χ2v) is 7.13. The summed E-state index contributed by atoms with van der Waals surface area (Å²) >= 11 is 0. The second-order valence-electron chi connectivity index (χ2n) is 7.13. The number of rotatable bonds is 12. The van der Waals surface area contributed by atoms with Crippen LogP contribution in [0.25, 0.3) is 0 Å². The zero-order valence-corrected chi connectivity index (χ0v) is 16.2. The van der Waals surface area contributed by atoms with E-state index in [2.05, 4.69) is 13.5 Å². The van der Waals surface area contributed by atoms with E-state index in [0.717, 1.165) is 43.4 Å². The van der Waals surface area contributed by atoms with E-state index in [0.29, 0.717) is 19.4 Å². The van der Waals surface area contributed by atoms with Crippen molar-refractivity contribution in [3.63, 3.8) is 0 Å². The van der Waals surface area contributed by atoms with E-state index in [1.165, 1.54) is 0 Å². The summed E-state index contributed by atoms with van der Waals surface area (Å²) in [6.45, 7) is 6.47. The van der Waals surface area contributed by atoms with Crippen molar-refractivity contribution in [2.45, 2.75) is 82.9 Å². The van der Waals surface area contributed by atoms with Crippen LogP contribution in [-0.2, 0) is 16.1 Å². The van der Waals surface area contributed by atoms with Gasteiger partial charge in [0, 0.05) is 0 Å². The first-order chi connectivity index (χ1) is 12.7. The zero-order chi connectivity index (χ0) is 18.8. The van der Waals surface area contributed by atoms with Gasteiger partial charge in [0.25, 0.3) is 0 Å². The van der Waals surface area contributed by atoms with Crippen LogP contribution in [0.5, 0.6) is 5.75 Å².